The minimum absolute atomic E-state index is 0.344. The number of carbonyl (C=O) groups excluding carboxylic acids is 1. The lowest BCUT2D eigenvalue weighted by Crippen LogP contribution is -2.18. The van der Waals surface area contributed by atoms with Gasteiger partial charge in [0.25, 0.3) is 0 Å². The van der Waals surface area contributed by atoms with Crippen molar-refractivity contribution in [1.29, 1.82) is 0 Å². The first kappa shape index (κ1) is 16.8. The van der Waals surface area contributed by atoms with Crippen molar-refractivity contribution in [2.45, 2.75) is 6.92 Å². The van der Waals surface area contributed by atoms with Crippen LogP contribution in [0.5, 0.6) is 0 Å². The largest absolute Gasteiger partial charge is 0.465 e. The molecule has 1 aromatic heterocycles. The van der Waals surface area contributed by atoms with Gasteiger partial charge in [0.05, 0.1) is 24.1 Å². The zero-order valence-electron chi connectivity index (χ0n) is 14.5. The van der Waals surface area contributed by atoms with E-state index in [4.69, 9.17) is 9.72 Å². The number of carbonyl (C=O) groups is 1. The van der Waals surface area contributed by atoms with Crippen molar-refractivity contribution in [3.8, 4) is 11.3 Å². The summed E-state index contributed by atoms with van der Waals surface area (Å²) < 4.78 is 4.81. The third-order valence-corrected chi connectivity index (χ3v) is 3.69. The topological polar surface area (TPSA) is 45.7 Å². The Morgan fingerprint density at radius 1 is 1.04 bits per heavy atom. The highest BCUT2D eigenvalue weighted by Crippen LogP contribution is 2.30. The number of aromatic nitrogens is 1. The highest BCUT2D eigenvalue weighted by molar-refractivity contribution is 5.91. The van der Waals surface area contributed by atoms with E-state index in [0.29, 0.717) is 5.56 Å². The van der Waals surface area contributed by atoms with Gasteiger partial charge in [-0.3, -0.25) is 0 Å². The molecule has 0 bridgehead atoms. The molecule has 0 saturated carbocycles. The van der Waals surface area contributed by atoms with Crippen LogP contribution in [0.15, 0.2) is 30.3 Å². The lowest BCUT2D eigenvalue weighted by atomic mass is 10.0. The Bertz CT molecular complexity index is 724. The van der Waals surface area contributed by atoms with E-state index in [2.05, 4.69) is 0 Å². The van der Waals surface area contributed by atoms with Crippen molar-refractivity contribution in [2.24, 2.45) is 0 Å². The van der Waals surface area contributed by atoms with E-state index >= 15 is 0 Å². The van der Waals surface area contributed by atoms with Crippen LogP contribution >= 0.6 is 0 Å². The van der Waals surface area contributed by atoms with Crippen molar-refractivity contribution >= 4 is 17.5 Å². The van der Waals surface area contributed by atoms with Crippen LogP contribution in [0.25, 0.3) is 11.3 Å². The molecule has 23 heavy (non-hydrogen) atoms. The summed E-state index contributed by atoms with van der Waals surface area (Å²) in [4.78, 5) is 20.6. The normalized spacial score (nSPS) is 10.3. The molecule has 0 fully saturated rings. The number of esters is 1. The van der Waals surface area contributed by atoms with Crippen LogP contribution in [-0.4, -0.2) is 46.3 Å². The predicted molar refractivity (Wildman–Crippen MR) is 94.4 cm³/mol. The molecule has 0 saturated heterocycles. The maximum absolute atomic E-state index is 11.8. The molecule has 0 radical (unpaired) electrons. The Morgan fingerprint density at radius 2 is 1.74 bits per heavy atom. The van der Waals surface area contributed by atoms with Gasteiger partial charge in [-0.15, -0.1) is 0 Å². The Labute approximate surface area is 137 Å². The van der Waals surface area contributed by atoms with Gasteiger partial charge in [-0.2, -0.15) is 0 Å². The van der Waals surface area contributed by atoms with Gasteiger partial charge in [0, 0.05) is 33.8 Å². The lowest BCUT2D eigenvalue weighted by molar-refractivity contribution is 0.0601. The second-order valence-corrected chi connectivity index (χ2v) is 5.85. The number of aryl methyl sites for hydroxylation is 1. The molecule has 0 atom stereocenters. The number of rotatable bonds is 4. The molecule has 1 heterocycles. The van der Waals surface area contributed by atoms with Crippen molar-refractivity contribution in [3.05, 3.63) is 41.5 Å². The third kappa shape index (κ3) is 3.44. The van der Waals surface area contributed by atoms with Crippen LogP contribution in [0.4, 0.5) is 11.5 Å². The summed E-state index contributed by atoms with van der Waals surface area (Å²) in [6, 6.07) is 9.54. The fourth-order valence-electron chi connectivity index (χ4n) is 2.41. The number of nitrogens with zero attached hydrogens (tertiary/aromatic N) is 3. The molecule has 5 nitrogen and oxygen atoms in total. The van der Waals surface area contributed by atoms with E-state index in [9.17, 15) is 4.79 Å². The van der Waals surface area contributed by atoms with E-state index in [-0.39, 0.29) is 5.97 Å². The first-order chi connectivity index (χ1) is 10.8. The number of benzene rings is 1. The quantitative estimate of drug-likeness (QED) is 0.812. The fraction of sp³-hybridized carbons (Fsp3) is 0.333. The summed E-state index contributed by atoms with van der Waals surface area (Å²) in [5.74, 6) is 0.541. The van der Waals surface area contributed by atoms with Crippen molar-refractivity contribution in [1.82, 2.24) is 4.98 Å². The van der Waals surface area contributed by atoms with Gasteiger partial charge in [-0.05, 0) is 36.8 Å². The summed E-state index contributed by atoms with van der Waals surface area (Å²) in [6.07, 6.45) is 0. The van der Waals surface area contributed by atoms with Gasteiger partial charge in [-0.1, -0.05) is 6.07 Å². The molecule has 0 aliphatic carbocycles. The second kappa shape index (κ2) is 6.69. The van der Waals surface area contributed by atoms with Crippen LogP contribution in [0.3, 0.4) is 0 Å². The van der Waals surface area contributed by atoms with Gasteiger partial charge >= 0.3 is 5.97 Å². The molecule has 2 aromatic rings. The van der Waals surface area contributed by atoms with Crippen LogP contribution in [0.2, 0.25) is 0 Å². The number of methoxy groups -OCH3 is 1. The van der Waals surface area contributed by atoms with Crippen LogP contribution in [0, 0.1) is 6.92 Å². The summed E-state index contributed by atoms with van der Waals surface area (Å²) >= 11 is 0. The minimum Gasteiger partial charge on any atom is -0.465 e. The Morgan fingerprint density at radius 3 is 2.30 bits per heavy atom. The monoisotopic (exact) mass is 313 g/mol. The standard InChI is InChI=1S/C18H23N3O2/c1-12-7-8-13(18(22)23-6)11-14(12)15-9-10-16(20(2)3)17(19-15)21(4)5/h7-11H,1-6H3. The molecule has 1 aromatic carbocycles. The molecule has 0 aliphatic rings. The molecule has 5 heteroatoms. The average Bonchev–Trinajstić information content (AvgIpc) is 2.53. The van der Waals surface area contributed by atoms with E-state index < -0.39 is 0 Å². The van der Waals surface area contributed by atoms with Crippen molar-refractivity contribution in [2.75, 3.05) is 45.1 Å². The zero-order chi connectivity index (χ0) is 17.1. The first-order valence-corrected chi connectivity index (χ1v) is 7.40. The molecular formula is C18H23N3O2. The average molecular weight is 313 g/mol. The van der Waals surface area contributed by atoms with Gasteiger partial charge in [0.15, 0.2) is 5.82 Å². The van der Waals surface area contributed by atoms with E-state index in [0.717, 1.165) is 28.3 Å². The van der Waals surface area contributed by atoms with Crippen molar-refractivity contribution < 1.29 is 9.53 Å². The number of hydrogen-bond donors (Lipinski definition) is 0. The van der Waals surface area contributed by atoms with Gasteiger partial charge in [0.1, 0.15) is 0 Å². The Balaban J connectivity index is 2.58. The molecule has 2 rings (SSSR count). The number of ether oxygens (including phenoxy) is 1. The minimum atomic E-state index is -0.344. The van der Waals surface area contributed by atoms with Crippen LogP contribution < -0.4 is 9.80 Å². The molecule has 0 spiro atoms. The summed E-state index contributed by atoms with van der Waals surface area (Å²) in [7, 11) is 9.31. The summed E-state index contributed by atoms with van der Waals surface area (Å²) in [6.45, 7) is 2.01. The Kier molecular flexibility index (Phi) is 4.89. The van der Waals surface area contributed by atoms with Crippen LogP contribution in [0.1, 0.15) is 15.9 Å². The molecule has 0 N–H and O–H groups in total. The highest BCUT2D eigenvalue weighted by Gasteiger charge is 2.14. The van der Waals surface area contributed by atoms with E-state index in [1.807, 2.05) is 69.2 Å². The SMILES string of the molecule is COC(=O)c1ccc(C)c(-c2ccc(N(C)C)c(N(C)C)n2)c1. The van der Waals surface area contributed by atoms with Gasteiger partial charge < -0.3 is 14.5 Å². The number of pyridine rings is 1. The lowest BCUT2D eigenvalue weighted by Gasteiger charge is -2.22. The fourth-order valence-corrected chi connectivity index (χ4v) is 2.41. The predicted octanol–water partition coefficient (Wildman–Crippen LogP) is 2.98. The van der Waals surface area contributed by atoms with Crippen molar-refractivity contribution in [3.63, 3.8) is 0 Å². The molecule has 0 amide bonds. The molecule has 122 valence electrons. The number of anilines is 2. The highest BCUT2D eigenvalue weighted by atomic mass is 16.5. The zero-order valence-corrected chi connectivity index (χ0v) is 14.5. The maximum Gasteiger partial charge on any atom is 0.337 e. The molecule has 0 unspecified atom stereocenters. The summed E-state index contributed by atoms with van der Waals surface area (Å²) in [5.41, 5.74) is 4.40. The number of hydrogen-bond acceptors (Lipinski definition) is 5. The van der Waals surface area contributed by atoms with E-state index in [1.165, 1.54) is 7.11 Å². The first-order valence-electron chi connectivity index (χ1n) is 7.40. The Hall–Kier alpha value is -2.56. The maximum atomic E-state index is 11.8. The molecule has 0 aliphatic heterocycles. The van der Waals surface area contributed by atoms with Crippen LogP contribution in [-0.2, 0) is 4.74 Å². The summed E-state index contributed by atoms with van der Waals surface area (Å²) in [5, 5.41) is 0. The van der Waals surface area contributed by atoms with E-state index in [1.54, 1.807) is 6.07 Å². The molecular weight excluding hydrogens is 290 g/mol. The van der Waals surface area contributed by atoms with Gasteiger partial charge in [-0.25, -0.2) is 9.78 Å². The second-order valence-electron chi connectivity index (χ2n) is 5.85. The smallest absolute Gasteiger partial charge is 0.337 e. The van der Waals surface area contributed by atoms with Gasteiger partial charge in [0.2, 0.25) is 0 Å². The third-order valence-electron chi connectivity index (χ3n) is 3.69.